The van der Waals surface area contributed by atoms with Crippen LogP contribution in [0.5, 0.6) is 0 Å². The van der Waals surface area contributed by atoms with E-state index in [2.05, 4.69) is 11.9 Å². The van der Waals surface area contributed by atoms with Crippen molar-refractivity contribution in [2.75, 3.05) is 0 Å². The standard InChI is InChI=1S/C11H11ClN2O3/c1-3-7(2)13-11(15)8-5-4-6-9(12)10(8)14(16)17/h3-7H,1H2,2H3,(H,13,15). The smallest absolute Gasteiger partial charge is 0.300 e. The third-order valence-electron chi connectivity index (χ3n) is 2.13. The summed E-state index contributed by atoms with van der Waals surface area (Å²) in [6.45, 7) is 5.22. The van der Waals surface area contributed by atoms with E-state index in [4.69, 9.17) is 11.6 Å². The molecule has 0 fully saturated rings. The molecule has 0 spiro atoms. The Morgan fingerprint density at radius 1 is 1.65 bits per heavy atom. The van der Waals surface area contributed by atoms with E-state index in [1.807, 2.05) is 0 Å². The van der Waals surface area contributed by atoms with E-state index < -0.39 is 10.8 Å². The first-order valence-electron chi connectivity index (χ1n) is 4.83. The summed E-state index contributed by atoms with van der Waals surface area (Å²) in [4.78, 5) is 21.9. The van der Waals surface area contributed by atoms with Gasteiger partial charge >= 0.3 is 5.69 Å². The Hall–Kier alpha value is -1.88. The van der Waals surface area contributed by atoms with Crippen molar-refractivity contribution in [2.45, 2.75) is 13.0 Å². The molecule has 1 aromatic carbocycles. The Morgan fingerprint density at radius 3 is 2.82 bits per heavy atom. The van der Waals surface area contributed by atoms with E-state index >= 15 is 0 Å². The molecular formula is C11H11ClN2O3. The number of rotatable bonds is 4. The molecule has 17 heavy (non-hydrogen) atoms. The Morgan fingerprint density at radius 2 is 2.29 bits per heavy atom. The highest BCUT2D eigenvalue weighted by Gasteiger charge is 2.23. The number of nitro benzene ring substituents is 1. The van der Waals surface area contributed by atoms with Gasteiger partial charge in [0.05, 0.1) is 4.92 Å². The first kappa shape index (κ1) is 13.2. The van der Waals surface area contributed by atoms with Crippen LogP contribution in [0.25, 0.3) is 0 Å². The molecule has 0 radical (unpaired) electrons. The number of benzene rings is 1. The number of carbonyl (C=O) groups is 1. The Kier molecular flexibility index (Phi) is 4.23. The lowest BCUT2D eigenvalue weighted by Crippen LogP contribution is -2.31. The van der Waals surface area contributed by atoms with Gasteiger partial charge in [-0.1, -0.05) is 23.7 Å². The van der Waals surface area contributed by atoms with Crippen LogP contribution in [-0.2, 0) is 0 Å². The zero-order chi connectivity index (χ0) is 13.0. The fourth-order valence-corrected chi connectivity index (χ4v) is 1.47. The topological polar surface area (TPSA) is 72.2 Å². The highest BCUT2D eigenvalue weighted by Crippen LogP contribution is 2.28. The maximum atomic E-state index is 11.8. The van der Waals surface area contributed by atoms with Crippen LogP contribution < -0.4 is 5.32 Å². The molecule has 0 aliphatic carbocycles. The molecule has 90 valence electrons. The summed E-state index contributed by atoms with van der Waals surface area (Å²) in [7, 11) is 0. The van der Waals surface area contributed by atoms with Crippen molar-refractivity contribution in [3.05, 3.63) is 51.6 Å². The van der Waals surface area contributed by atoms with Crippen molar-refractivity contribution in [2.24, 2.45) is 0 Å². The fourth-order valence-electron chi connectivity index (χ4n) is 1.23. The average molecular weight is 255 g/mol. The zero-order valence-corrected chi connectivity index (χ0v) is 9.90. The maximum absolute atomic E-state index is 11.8. The van der Waals surface area contributed by atoms with Crippen molar-refractivity contribution in [1.29, 1.82) is 0 Å². The summed E-state index contributed by atoms with van der Waals surface area (Å²) in [6, 6.07) is 3.94. The van der Waals surface area contributed by atoms with Crippen LogP contribution >= 0.6 is 11.6 Å². The normalized spacial score (nSPS) is 11.6. The van der Waals surface area contributed by atoms with Crippen molar-refractivity contribution < 1.29 is 9.72 Å². The molecular weight excluding hydrogens is 244 g/mol. The number of nitro groups is 1. The lowest BCUT2D eigenvalue weighted by Gasteiger charge is -2.09. The summed E-state index contributed by atoms with van der Waals surface area (Å²) in [5.41, 5.74) is -0.445. The SMILES string of the molecule is C=CC(C)NC(=O)c1cccc(Cl)c1[N+](=O)[O-]. The molecule has 0 bridgehead atoms. The number of amides is 1. The largest absolute Gasteiger partial charge is 0.346 e. The second kappa shape index (κ2) is 5.45. The van der Waals surface area contributed by atoms with Crippen LogP contribution in [0.2, 0.25) is 5.02 Å². The summed E-state index contributed by atoms with van der Waals surface area (Å²) in [5, 5.41) is 13.3. The molecule has 6 heteroatoms. The lowest BCUT2D eigenvalue weighted by atomic mass is 10.1. The molecule has 0 aliphatic rings. The summed E-state index contributed by atoms with van der Waals surface area (Å²) < 4.78 is 0. The number of nitrogens with zero attached hydrogens (tertiary/aromatic N) is 1. The molecule has 1 atom stereocenters. The monoisotopic (exact) mass is 254 g/mol. The van der Waals surface area contributed by atoms with Gasteiger partial charge in [-0.25, -0.2) is 0 Å². The first-order valence-corrected chi connectivity index (χ1v) is 5.21. The van der Waals surface area contributed by atoms with Gasteiger partial charge < -0.3 is 5.32 Å². The van der Waals surface area contributed by atoms with Gasteiger partial charge in [-0.3, -0.25) is 14.9 Å². The molecule has 0 aromatic heterocycles. The van der Waals surface area contributed by atoms with Gasteiger partial charge in [0.25, 0.3) is 5.91 Å². The summed E-state index contributed by atoms with van der Waals surface area (Å²) in [6.07, 6.45) is 1.52. The highest BCUT2D eigenvalue weighted by atomic mass is 35.5. The number of halogens is 1. The number of nitrogens with one attached hydrogen (secondary N) is 1. The minimum absolute atomic E-state index is 0.0591. The molecule has 1 rings (SSSR count). The summed E-state index contributed by atoms with van der Waals surface area (Å²) >= 11 is 5.70. The van der Waals surface area contributed by atoms with Crippen molar-refractivity contribution in [1.82, 2.24) is 5.32 Å². The Bertz CT molecular complexity index is 474. The molecule has 1 aromatic rings. The van der Waals surface area contributed by atoms with Crippen molar-refractivity contribution >= 4 is 23.2 Å². The van der Waals surface area contributed by atoms with E-state index in [1.54, 1.807) is 6.92 Å². The second-order valence-corrected chi connectivity index (χ2v) is 3.80. The minimum atomic E-state index is -0.671. The number of para-hydroxylation sites is 1. The van der Waals surface area contributed by atoms with Gasteiger partial charge in [0.15, 0.2) is 0 Å². The highest BCUT2D eigenvalue weighted by molar-refractivity contribution is 6.33. The fraction of sp³-hybridized carbons (Fsp3) is 0.182. The third-order valence-corrected chi connectivity index (χ3v) is 2.43. The van der Waals surface area contributed by atoms with Gasteiger partial charge in [0, 0.05) is 6.04 Å². The average Bonchev–Trinajstić information content (AvgIpc) is 2.27. The maximum Gasteiger partial charge on any atom is 0.300 e. The minimum Gasteiger partial charge on any atom is -0.346 e. The van der Waals surface area contributed by atoms with Crippen LogP contribution in [-0.4, -0.2) is 16.9 Å². The van der Waals surface area contributed by atoms with E-state index in [-0.39, 0.29) is 22.3 Å². The van der Waals surface area contributed by atoms with Crippen molar-refractivity contribution in [3.63, 3.8) is 0 Å². The van der Waals surface area contributed by atoms with E-state index in [0.717, 1.165) is 0 Å². The first-order chi connectivity index (χ1) is 7.97. The van der Waals surface area contributed by atoms with Crippen molar-refractivity contribution in [3.8, 4) is 0 Å². The molecule has 1 amide bonds. The van der Waals surface area contributed by atoms with E-state index in [0.29, 0.717) is 0 Å². The summed E-state index contributed by atoms with van der Waals surface area (Å²) in [5.74, 6) is -0.549. The second-order valence-electron chi connectivity index (χ2n) is 3.39. The van der Waals surface area contributed by atoms with Gasteiger partial charge in [-0.2, -0.15) is 0 Å². The van der Waals surface area contributed by atoms with Crippen LogP contribution in [0.1, 0.15) is 17.3 Å². The van der Waals surface area contributed by atoms with Gasteiger partial charge in [0.1, 0.15) is 10.6 Å². The van der Waals surface area contributed by atoms with Gasteiger partial charge in [-0.05, 0) is 19.1 Å². The van der Waals surface area contributed by atoms with Crippen LogP contribution in [0.15, 0.2) is 30.9 Å². The van der Waals surface area contributed by atoms with Crippen LogP contribution in [0, 0.1) is 10.1 Å². The number of hydrogen-bond acceptors (Lipinski definition) is 3. The predicted molar refractivity (Wildman–Crippen MR) is 65.2 cm³/mol. The molecule has 1 unspecified atom stereocenters. The molecule has 1 N–H and O–H groups in total. The third kappa shape index (κ3) is 3.04. The Labute approximate surface area is 103 Å². The predicted octanol–water partition coefficient (Wildman–Crippen LogP) is 2.55. The number of hydrogen-bond donors (Lipinski definition) is 1. The van der Waals surface area contributed by atoms with Crippen LogP contribution in [0.3, 0.4) is 0 Å². The molecule has 0 heterocycles. The lowest BCUT2D eigenvalue weighted by molar-refractivity contribution is -0.385. The Balaban J connectivity index is 3.13. The molecule has 0 saturated heterocycles. The van der Waals surface area contributed by atoms with Crippen LogP contribution in [0.4, 0.5) is 5.69 Å². The van der Waals surface area contributed by atoms with Gasteiger partial charge in [0.2, 0.25) is 0 Å². The molecule has 5 nitrogen and oxygen atoms in total. The van der Waals surface area contributed by atoms with E-state index in [9.17, 15) is 14.9 Å². The van der Waals surface area contributed by atoms with E-state index in [1.165, 1.54) is 24.3 Å². The zero-order valence-electron chi connectivity index (χ0n) is 9.14. The van der Waals surface area contributed by atoms with Gasteiger partial charge in [-0.15, -0.1) is 6.58 Å². The molecule has 0 aliphatic heterocycles. The quantitative estimate of drug-likeness (QED) is 0.510. The molecule has 0 saturated carbocycles. The number of carbonyl (C=O) groups excluding carboxylic acids is 1.